The SMILES string of the molecule is CCCCCNC(=O)C(C)NCCOCCOC. The Hall–Kier alpha value is -0.650. The fourth-order valence-corrected chi connectivity index (χ4v) is 1.42. The second kappa shape index (κ2) is 12.8. The summed E-state index contributed by atoms with van der Waals surface area (Å²) in [5, 5.41) is 6.04. The number of nitrogens with one attached hydrogen (secondary N) is 2. The minimum Gasteiger partial charge on any atom is -0.382 e. The number of rotatable bonds is 12. The molecule has 0 bridgehead atoms. The molecule has 1 amide bonds. The first kappa shape index (κ1) is 17.4. The number of carbonyl (C=O) groups is 1. The molecular weight excluding hydrogens is 232 g/mol. The third-order valence-corrected chi connectivity index (χ3v) is 2.60. The van der Waals surface area contributed by atoms with Crippen LogP contribution in [0.25, 0.3) is 0 Å². The van der Waals surface area contributed by atoms with Gasteiger partial charge in [0, 0.05) is 20.2 Å². The predicted molar refractivity (Wildman–Crippen MR) is 72.7 cm³/mol. The zero-order chi connectivity index (χ0) is 13.6. The summed E-state index contributed by atoms with van der Waals surface area (Å²) < 4.78 is 10.2. The normalized spacial score (nSPS) is 12.4. The Morgan fingerprint density at radius 1 is 1.17 bits per heavy atom. The van der Waals surface area contributed by atoms with E-state index in [-0.39, 0.29) is 11.9 Å². The zero-order valence-corrected chi connectivity index (χ0v) is 12.0. The van der Waals surface area contributed by atoms with Crippen molar-refractivity contribution in [1.82, 2.24) is 10.6 Å². The van der Waals surface area contributed by atoms with E-state index in [0.29, 0.717) is 26.4 Å². The smallest absolute Gasteiger partial charge is 0.236 e. The van der Waals surface area contributed by atoms with Crippen molar-refractivity contribution in [3.05, 3.63) is 0 Å². The van der Waals surface area contributed by atoms with Crippen LogP contribution in [-0.4, -0.2) is 52.0 Å². The van der Waals surface area contributed by atoms with Crippen LogP contribution >= 0.6 is 0 Å². The Balaban J connectivity index is 3.38. The zero-order valence-electron chi connectivity index (χ0n) is 12.0. The molecule has 0 aliphatic rings. The molecule has 5 nitrogen and oxygen atoms in total. The summed E-state index contributed by atoms with van der Waals surface area (Å²) >= 11 is 0. The lowest BCUT2D eigenvalue weighted by molar-refractivity contribution is -0.122. The molecule has 1 unspecified atom stereocenters. The van der Waals surface area contributed by atoms with Gasteiger partial charge in [-0.15, -0.1) is 0 Å². The van der Waals surface area contributed by atoms with Gasteiger partial charge in [-0.3, -0.25) is 4.79 Å². The molecule has 1 atom stereocenters. The summed E-state index contributed by atoms with van der Waals surface area (Å²) in [6.45, 7) is 7.25. The number of carbonyl (C=O) groups excluding carboxylic acids is 1. The third kappa shape index (κ3) is 10.5. The van der Waals surface area contributed by atoms with Gasteiger partial charge in [0.2, 0.25) is 5.91 Å². The maximum absolute atomic E-state index is 11.6. The van der Waals surface area contributed by atoms with E-state index in [0.717, 1.165) is 19.4 Å². The highest BCUT2D eigenvalue weighted by molar-refractivity contribution is 5.81. The number of methoxy groups -OCH3 is 1. The molecule has 0 aliphatic carbocycles. The predicted octanol–water partition coefficient (Wildman–Crippen LogP) is 0.934. The molecule has 0 saturated heterocycles. The summed E-state index contributed by atoms with van der Waals surface area (Å²) in [7, 11) is 1.65. The van der Waals surface area contributed by atoms with Gasteiger partial charge in [0.15, 0.2) is 0 Å². The highest BCUT2D eigenvalue weighted by Crippen LogP contribution is 1.91. The highest BCUT2D eigenvalue weighted by atomic mass is 16.5. The Labute approximate surface area is 111 Å². The van der Waals surface area contributed by atoms with E-state index in [9.17, 15) is 4.79 Å². The molecule has 0 saturated carbocycles. The van der Waals surface area contributed by atoms with Crippen molar-refractivity contribution in [2.24, 2.45) is 0 Å². The lowest BCUT2D eigenvalue weighted by atomic mass is 10.2. The fraction of sp³-hybridized carbons (Fsp3) is 0.923. The number of ether oxygens (including phenoxy) is 2. The maximum atomic E-state index is 11.6. The first-order chi connectivity index (χ1) is 8.72. The molecule has 5 heteroatoms. The second-order valence-corrected chi connectivity index (χ2v) is 4.28. The molecule has 18 heavy (non-hydrogen) atoms. The van der Waals surface area contributed by atoms with Crippen molar-refractivity contribution >= 4 is 5.91 Å². The minimum atomic E-state index is -0.169. The molecular formula is C13H28N2O3. The first-order valence-electron chi connectivity index (χ1n) is 6.80. The van der Waals surface area contributed by atoms with Crippen LogP contribution in [0, 0.1) is 0 Å². The molecule has 0 heterocycles. The van der Waals surface area contributed by atoms with Gasteiger partial charge in [0.05, 0.1) is 25.9 Å². The standard InChI is InChI=1S/C13H28N2O3/c1-4-5-6-7-15-13(16)12(2)14-8-9-18-11-10-17-3/h12,14H,4-11H2,1-3H3,(H,15,16). The molecule has 108 valence electrons. The van der Waals surface area contributed by atoms with Gasteiger partial charge in [-0.05, 0) is 13.3 Å². The maximum Gasteiger partial charge on any atom is 0.236 e. The van der Waals surface area contributed by atoms with Gasteiger partial charge in [0.1, 0.15) is 0 Å². The molecule has 0 aromatic rings. The largest absolute Gasteiger partial charge is 0.382 e. The van der Waals surface area contributed by atoms with Gasteiger partial charge < -0.3 is 20.1 Å². The second-order valence-electron chi connectivity index (χ2n) is 4.28. The molecule has 0 aromatic carbocycles. The summed E-state index contributed by atoms with van der Waals surface area (Å²) in [4.78, 5) is 11.6. The Kier molecular flexibility index (Phi) is 12.3. The van der Waals surface area contributed by atoms with E-state index in [1.807, 2.05) is 6.92 Å². The van der Waals surface area contributed by atoms with Crippen LogP contribution in [-0.2, 0) is 14.3 Å². The van der Waals surface area contributed by atoms with Gasteiger partial charge in [-0.1, -0.05) is 19.8 Å². The van der Waals surface area contributed by atoms with Crippen LogP contribution in [0.15, 0.2) is 0 Å². The Bertz CT molecular complexity index is 201. The van der Waals surface area contributed by atoms with Crippen molar-refractivity contribution in [3.63, 3.8) is 0 Å². The van der Waals surface area contributed by atoms with Crippen molar-refractivity contribution in [3.8, 4) is 0 Å². The summed E-state index contributed by atoms with van der Waals surface area (Å²) in [5.74, 6) is 0.0583. The monoisotopic (exact) mass is 260 g/mol. The number of amides is 1. The van der Waals surface area contributed by atoms with Gasteiger partial charge in [0.25, 0.3) is 0 Å². The Morgan fingerprint density at radius 3 is 2.61 bits per heavy atom. The van der Waals surface area contributed by atoms with Crippen LogP contribution < -0.4 is 10.6 Å². The van der Waals surface area contributed by atoms with Crippen molar-refractivity contribution in [2.75, 3.05) is 40.0 Å². The summed E-state index contributed by atoms with van der Waals surface area (Å²) in [6.07, 6.45) is 3.38. The molecule has 0 aliphatic heterocycles. The van der Waals surface area contributed by atoms with E-state index >= 15 is 0 Å². The van der Waals surface area contributed by atoms with Gasteiger partial charge >= 0.3 is 0 Å². The van der Waals surface area contributed by atoms with E-state index in [1.54, 1.807) is 7.11 Å². The summed E-state index contributed by atoms with van der Waals surface area (Å²) in [6, 6.07) is -0.169. The third-order valence-electron chi connectivity index (χ3n) is 2.60. The minimum absolute atomic E-state index is 0.0583. The van der Waals surface area contributed by atoms with Crippen LogP contribution in [0.1, 0.15) is 33.1 Å². The van der Waals surface area contributed by atoms with Crippen LogP contribution in [0.4, 0.5) is 0 Å². The number of unbranched alkanes of at least 4 members (excludes halogenated alkanes) is 2. The van der Waals surface area contributed by atoms with Crippen molar-refractivity contribution in [1.29, 1.82) is 0 Å². The van der Waals surface area contributed by atoms with E-state index in [1.165, 1.54) is 6.42 Å². The fourth-order valence-electron chi connectivity index (χ4n) is 1.42. The lowest BCUT2D eigenvalue weighted by Gasteiger charge is -2.14. The number of hydrogen-bond donors (Lipinski definition) is 2. The average molecular weight is 260 g/mol. The summed E-state index contributed by atoms with van der Waals surface area (Å²) in [5.41, 5.74) is 0. The quantitative estimate of drug-likeness (QED) is 0.513. The van der Waals surface area contributed by atoms with Gasteiger partial charge in [-0.25, -0.2) is 0 Å². The van der Waals surface area contributed by atoms with E-state index in [4.69, 9.17) is 9.47 Å². The molecule has 0 rings (SSSR count). The molecule has 0 radical (unpaired) electrons. The molecule has 2 N–H and O–H groups in total. The highest BCUT2D eigenvalue weighted by Gasteiger charge is 2.10. The van der Waals surface area contributed by atoms with E-state index in [2.05, 4.69) is 17.6 Å². The lowest BCUT2D eigenvalue weighted by Crippen LogP contribution is -2.43. The first-order valence-corrected chi connectivity index (χ1v) is 6.80. The van der Waals surface area contributed by atoms with Crippen LogP contribution in [0.2, 0.25) is 0 Å². The molecule has 0 fully saturated rings. The van der Waals surface area contributed by atoms with Gasteiger partial charge in [-0.2, -0.15) is 0 Å². The number of hydrogen-bond acceptors (Lipinski definition) is 4. The van der Waals surface area contributed by atoms with Crippen molar-refractivity contribution in [2.45, 2.75) is 39.2 Å². The Morgan fingerprint density at radius 2 is 1.94 bits per heavy atom. The average Bonchev–Trinajstić information content (AvgIpc) is 2.38. The van der Waals surface area contributed by atoms with Crippen LogP contribution in [0.5, 0.6) is 0 Å². The molecule has 0 spiro atoms. The van der Waals surface area contributed by atoms with Crippen LogP contribution in [0.3, 0.4) is 0 Å². The topological polar surface area (TPSA) is 59.6 Å². The van der Waals surface area contributed by atoms with E-state index < -0.39 is 0 Å². The molecule has 0 aromatic heterocycles. The van der Waals surface area contributed by atoms with Crippen molar-refractivity contribution < 1.29 is 14.3 Å².